The summed E-state index contributed by atoms with van der Waals surface area (Å²) < 4.78 is 0. The minimum Gasteiger partial charge on any atom is -0.393 e. The molecule has 3 amide bonds. The molecule has 6 rings (SSSR count). The number of amides is 3. The number of aromatic nitrogens is 2. The summed E-state index contributed by atoms with van der Waals surface area (Å²) in [6.45, 7) is 2.41. The molecule has 40 heavy (non-hydrogen) atoms. The maximum atomic E-state index is 13.3. The molecule has 13 heteroatoms. The first-order chi connectivity index (χ1) is 18.7. The third kappa shape index (κ3) is 5.84. The Morgan fingerprint density at radius 2 is 1.90 bits per heavy atom. The van der Waals surface area contributed by atoms with Crippen LogP contribution in [-0.2, 0) is 17.8 Å². The first-order valence-electron chi connectivity index (χ1n) is 13.3. The number of H-pyrrole nitrogens is 1. The van der Waals surface area contributed by atoms with Crippen LogP contribution in [0.2, 0.25) is 5.02 Å². The highest BCUT2D eigenvalue weighted by Gasteiger charge is 2.40. The number of halogens is 2. The van der Waals surface area contributed by atoms with Gasteiger partial charge < -0.3 is 30.5 Å². The van der Waals surface area contributed by atoms with Crippen LogP contribution in [0.3, 0.4) is 0 Å². The number of aromatic amines is 1. The maximum absolute atomic E-state index is 13.3. The molecule has 4 N–H and O–H groups in total. The summed E-state index contributed by atoms with van der Waals surface area (Å²) in [6.07, 6.45) is 1.81. The summed E-state index contributed by atoms with van der Waals surface area (Å²) in [6, 6.07) is 6.25. The van der Waals surface area contributed by atoms with Gasteiger partial charge in [-0.1, -0.05) is 11.6 Å². The summed E-state index contributed by atoms with van der Waals surface area (Å²) in [5.41, 5.74) is 2.17. The summed E-state index contributed by atoms with van der Waals surface area (Å²) in [7, 11) is 2.05. The highest BCUT2D eigenvalue weighted by atomic mass is 35.5. The van der Waals surface area contributed by atoms with Crippen molar-refractivity contribution < 1.29 is 19.5 Å². The van der Waals surface area contributed by atoms with E-state index in [1.54, 1.807) is 23.1 Å². The number of benzene rings is 1. The van der Waals surface area contributed by atoms with Crippen molar-refractivity contribution in [3.63, 3.8) is 0 Å². The van der Waals surface area contributed by atoms with E-state index in [1.165, 1.54) is 11.3 Å². The van der Waals surface area contributed by atoms with Gasteiger partial charge in [-0.2, -0.15) is 0 Å². The van der Waals surface area contributed by atoms with Crippen LogP contribution in [0.25, 0.3) is 10.9 Å². The zero-order chi connectivity index (χ0) is 27.3. The second-order valence-electron chi connectivity index (χ2n) is 10.8. The first-order valence-corrected chi connectivity index (χ1v) is 14.5. The highest BCUT2D eigenvalue weighted by Crippen LogP contribution is 2.30. The fourth-order valence-corrected chi connectivity index (χ4v) is 6.91. The lowest BCUT2D eigenvalue weighted by Gasteiger charge is -2.42. The van der Waals surface area contributed by atoms with Gasteiger partial charge in [-0.15, -0.1) is 23.7 Å². The van der Waals surface area contributed by atoms with Gasteiger partial charge in [0.1, 0.15) is 5.69 Å². The third-order valence-electron chi connectivity index (χ3n) is 7.96. The number of aliphatic hydroxyl groups excluding tert-OH is 1. The SMILES string of the molecule is CN1CCc2nc(C(=O)NC3CN(C(=O)C4CC(O)C4)CCC3NC(=O)c3cc4cc(Cl)ccc4[nH]3)sc2C1.Cl. The van der Waals surface area contributed by atoms with Crippen molar-refractivity contribution in [1.82, 2.24) is 30.4 Å². The number of hydrogen-bond donors (Lipinski definition) is 4. The molecule has 3 aliphatic rings. The number of nitrogens with zero attached hydrogens (tertiary/aromatic N) is 3. The number of carbonyl (C=O) groups excluding carboxylic acids is 3. The highest BCUT2D eigenvalue weighted by molar-refractivity contribution is 7.13. The van der Waals surface area contributed by atoms with E-state index in [-0.39, 0.29) is 48.6 Å². The van der Waals surface area contributed by atoms with E-state index >= 15 is 0 Å². The van der Waals surface area contributed by atoms with Crippen LogP contribution in [0, 0.1) is 5.92 Å². The second-order valence-corrected chi connectivity index (χ2v) is 12.4. The molecule has 0 spiro atoms. The van der Waals surface area contributed by atoms with Gasteiger partial charge >= 0.3 is 0 Å². The van der Waals surface area contributed by atoms with Crippen molar-refractivity contribution in [2.24, 2.45) is 5.92 Å². The molecule has 1 saturated carbocycles. The molecule has 3 aromatic rings. The Hall–Kier alpha value is -2.70. The molecule has 1 aromatic carbocycles. The molecule has 2 atom stereocenters. The molecule has 0 bridgehead atoms. The number of fused-ring (bicyclic) bond motifs is 2. The molecule has 4 heterocycles. The van der Waals surface area contributed by atoms with Crippen LogP contribution in [0.15, 0.2) is 24.3 Å². The van der Waals surface area contributed by atoms with Gasteiger partial charge in [0.2, 0.25) is 5.91 Å². The van der Waals surface area contributed by atoms with Crippen LogP contribution in [0.5, 0.6) is 0 Å². The number of carbonyl (C=O) groups is 3. The molecule has 2 fully saturated rings. The molecule has 2 aromatic heterocycles. The summed E-state index contributed by atoms with van der Waals surface area (Å²) in [5, 5.41) is 17.6. The quantitative estimate of drug-likeness (QED) is 0.353. The van der Waals surface area contributed by atoms with E-state index < -0.39 is 12.1 Å². The number of hydrogen-bond acceptors (Lipinski definition) is 7. The van der Waals surface area contributed by atoms with Crippen LogP contribution in [0.1, 0.15) is 50.1 Å². The maximum Gasteiger partial charge on any atom is 0.280 e. The Bertz CT molecular complexity index is 1440. The summed E-state index contributed by atoms with van der Waals surface area (Å²) >= 11 is 7.50. The molecule has 2 aliphatic heterocycles. The third-order valence-corrected chi connectivity index (χ3v) is 9.28. The van der Waals surface area contributed by atoms with Crippen molar-refractivity contribution in [2.45, 2.75) is 50.4 Å². The molecule has 1 saturated heterocycles. The van der Waals surface area contributed by atoms with Crippen molar-refractivity contribution in [3.05, 3.63) is 50.6 Å². The lowest BCUT2D eigenvalue weighted by molar-refractivity contribution is -0.143. The fourth-order valence-electron chi connectivity index (χ4n) is 5.64. The second kappa shape index (κ2) is 11.7. The standard InChI is InChI=1S/C27H31ClN6O4S.ClH/c1-33-6-4-20-23(13-33)39-26(32-20)25(37)31-22-12-34(27(38)15-9-17(35)10-15)7-5-19(22)30-24(36)21-11-14-8-16(28)2-3-18(14)29-21;/h2-3,8,11,15,17,19,22,29,35H,4-7,9-10,12-13H2,1H3,(H,30,36)(H,31,37);1H. The van der Waals surface area contributed by atoms with Crippen LogP contribution in [-0.4, -0.2) is 87.5 Å². The normalized spacial score (nSPS) is 24.5. The molecule has 10 nitrogen and oxygen atoms in total. The topological polar surface area (TPSA) is 131 Å². The van der Waals surface area contributed by atoms with E-state index in [0.717, 1.165) is 41.0 Å². The number of aliphatic hydroxyl groups is 1. The molecule has 214 valence electrons. The van der Waals surface area contributed by atoms with E-state index in [4.69, 9.17) is 11.6 Å². The molecular weight excluding hydrogens is 575 g/mol. The molecule has 1 aliphatic carbocycles. The lowest BCUT2D eigenvalue weighted by Crippen LogP contribution is -2.62. The Labute approximate surface area is 246 Å². The zero-order valence-corrected chi connectivity index (χ0v) is 24.4. The van der Waals surface area contributed by atoms with Crippen LogP contribution < -0.4 is 10.6 Å². The van der Waals surface area contributed by atoms with E-state index in [2.05, 4.69) is 25.5 Å². The Kier molecular flexibility index (Phi) is 8.40. The van der Waals surface area contributed by atoms with E-state index in [1.807, 2.05) is 13.1 Å². The van der Waals surface area contributed by atoms with Crippen LogP contribution >= 0.6 is 35.3 Å². The van der Waals surface area contributed by atoms with E-state index in [9.17, 15) is 19.5 Å². The average molecular weight is 608 g/mol. The van der Waals surface area contributed by atoms with Gasteiger partial charge in [-0.05, 0) is 50.6 Å². The van der Waals surface area contributed by atoms with Crippen molar-refractivity contribution in [3.8, 4) is 0 Å². The molecule has 0 radical (unpaired) electrons. The average Bonchev–Trinajstić information content (AvgIpc) is 3.51. The van der Waals surface area contributed by atoms with Gasteiger partial charge in [0.05, 0.1) is 23.9 Å². The monoisotopic (exact) mass is 606 g/mol. The number of thiazole rings is 1. The van der Waals surface area contributed by atoms with Crippen molar-refractivity contribution >= 4 is 64.0 Å². The van der Waals surface area contributed by atoms with Crippen LogP contribution in [0.4, 0.5) is 0 Å². The first kappa shape index (κ1) is 28.8. The molecule has 2 unspecified atom stereocenters. The number of likely N-dealkylation sites (N-methyl/N-ethyl adjacent to an activating group) is 1. The van der Waals surface area contributed by atoms with Gasteiger partial charge in [0, 0.05) is 59.3 Å². The smallest absolute Gasteiger partial charge is 0.280 e. The zero-order valence-electron chi connectivity index (χ0n) is 22.0. The predicted octanol–water partition coefficient (Wildman–Crippen LogP) is 2.59. The fraction of sp³-hybridized carbons (Fsp3) is 0.481. The Morgan fingerprint density at radius 1 is 1.12 bits per heavy atom. The number of piperidine rings is 1. The Morgan fingerprint density at radius 3 is 2.67 bits per heavy atom. The number of likely N-dealkylation sites (tertiary alicyclic amines) is 1. The van der Waals surface area contributed by atoms with Gasteiger partial charge in [-0.3, -0.25) is 14.4 Å². The van der Waals surface area contributed by atoms with Crippen molar-refractivity contribution in [2.75, 3.05) is 26.7 Å². The minimum atomic E-state index is -0.494. The van der Waals surface area contributed by atoms with Gasteiger partial charge in [0.25, 0.3) is 11.8 Å². The summed E-state index contributed by atoms with van der Waals surface area (Å²) in [4.78, 5) is 52.4. The van der Waals surface area contributed by atoms with Gasteiger partial charge in [0.15, 0.2) is 5.01 Å². The number of rotatable bonds is 5. The van der Waals surface area contributed by atoms with Gasteiger partial charge in [-0.25, -0.2) is 4.98 Å². The van der Waals surface area contributed by atoms with E-state index in [0.29, 0.717) is 41.5 Å². The largest absolute Gasteiger partial charge is 0.393 e. The lowest BCUT2D eigenvalue weighted by atomic mass is 9.81. The minimum absolute atomic E-state index is 0. The summed E-state index contributed by atoms with van der Waals surface area (Å²) in [5.74, 6) is -0.788. The predicted molar refractivity (Wildman–Crippen MR) is 155 cm³/mol. The van der Waals surface area contributed by atoms with Crippen molar-refractivity contribution in [1.29, 1.82) is 0 Å². The molecular formula is C27H32Cl2N6O4S. The Balaban J connectivity index is 0.00000323. The number of nitrogens with one attached hydrogen (secondary N) is 3.